The van der Waals surface area contributed by atoms with Gasteiger partial charge in [-0.1, -0.05) is 25.0 Å². The molecular weight excluding hydrogens is 294 g/mol. The van der Waals surface area contributed by atoms with Gasteiger partial charge in [0.25, 0.3) is 0 Å². The summed E-state index contributed by atoms with van der Waals surface area (Å²) in [7, 11) is -2.52. The van der Waals surface area contributed by atoms with Crippen molar-refractivity contribution < 1.29 is 13.6 Å². The van der Waals surface area contributed by atoms with Gasteiger partial charge in [-0.05, 0) is 50.9 Å². The lowest BCUT2D eigenvalue weighted by molar-refractivity contribution is -0.0447. The van der Waals surface area contributed by atoms with Crippen LogP contribution in [0.25, 0.3) is 0 Å². The monoisotopic (exact) mass is 323 g/mol. The Morgan fingerprint density at radius 3 is 2.41 bits per heavy atom. The molecule has 1 aromatic carbocycles. The van der Waals surface area contributed by atoms with Crippen LogP contribution in [0.1, 0.15) is 45.6 Å². The van der Waals surface area contributed by atoms with Gasteiger partial charge in [-0.3, -0.25) is 0 Å². The smallest absolute Gasteiger partial charge is 0.376 e. The van der Waals surface area contributed by atoms with Gasteiger partial charge in [0.1, 0.15) is 5.22 Å². The Kier molecular flexibility index (Phi) is 6.03. The molecule has 0 amide bonds. The fourth-order valence-corrected chi connectivity index (χ4v) is 8.08. The third-order valence-corrected chi connectivity index (χ3v) is 8.83. The summed E-state index contributed by atoms with van der Waals surface area (Å²) in [5, 5.41) is -0.457. The first-order chi connectivity index (χ1) is 10.6. The minimum Gasteiger partial charge on any atom is -0.399 e. The van der Waals surface area contributed by atoms with E-state index in [-0.39, 0.29) is 0 Å². The predicted octanol–water partition coefficient (Wildman–Crippen LogP) is 3.74. The number of ether oxygens (including phenoxy) is 1. The van der Waals surface area contributed by atoms with Crippen molar-refractivity contribution >= 4 is 14.2 Å². The van der Waals surface area contributed by atoms with E-state index in [1.807, 2.05) is 39.0 Å². The van der Waals surface area contributed by atoms with Crippen LogP contribution in [0.4, 0.5) is 5.69 Å². The maximum Gasteiger partial charge on any atom is 0.376 e. The molecule has 0 saturated carbocycles. The van der Waals surface area contributed by atoms with Crippen LogP contribution in [0.2, 0.25) is 6.04 Å². The van der Waals surface area contributed by atoms with Crippen molar-refractivity contribution in [2.24, 2.45) is 0 Å². The first kappa shape index (κ1) is 17.5. The minimum absolute atomic E-state index is 0.457. The third-order valence-electron chi connectivity index (χ3n) is 4.40. The van der Waals surface area contributed by atoms with Gasteiger partial charge in [0.2, 0.25) is 0 Å². The fourth-order valence-electron chi connectivity index (χ4n) is 3.68. The Balaban J connectivity index is 2.56. The van der Waals surface area contributed by atoms with Crippen LogP contribution in [-0.4, -0.2) is 28.4 Å². The molecule has 1 aliphatic rings. The quantitative estimate of drug-likeness (QED) is 0.613. The molecule has 1 fully saturated rings. The summed E-state index contributed by atoms with van der Waals surface area (Å²) in [6.07, 6.45) is 3.21. The minimum atomic E-state index is -2.52. The topological polar surface area (TPSA) is 53.7 Å². The molecule has 0 spiro atoms. The zero-order valence-electron chi connectivity index (χ0n) is 14.1. The Labute approximate surface area is 135 Å². The average Bonchev–Trinajstić information content (AvgIpc) is 2.50. The SMILES string of the molecule is CCOC1(c2cccc(N)c2)CCCC[Si]1(OCC)OCC. The number of nitrogens with two attached hydrogens (primary N) is 1. The zero-order chi connectivity index (χ0) is 16.1. The first-order valence-electron chi connectivity index (χ1n) is 8.42. The largest absolute Gasteiger partial charge is 0.399 e. The van der Waals surface area contributed by atoms with Crippen LogP contribution in [0.15, 0.2) is 24.3 Å². The van der Waals surface area contributed by atoms with E-state index in [2.05, 4.69) is 6.07 Å². The highest BCUT2D eigenvalue weighted by Gasteiger charge is 2.61. The molecule has 0 aliphatic carbocycles. The third kappa shape index (κ3) is 3.08. The number of hydrogen-bond donors (Lipinski definition) is 1. The van der Waals surface area contributed by atoms with Gasteiger partial charge in [-0.15, -0.1) is 0 Å². The molecular formula is C17H29NO3Si. The Morgan fingerprint density at radius 2 is 1.82 bits per heavy atom. The summed E-state index contributed by atoms with van der Waals surface area (Å²) in [5.41, 5.74) is 7.91. The van der Waals surface area contributed by atoms with E-state index in [1.54, 1.807) is 0 Å². The maximum atomic E-state index is 6.39. The molecule has 2 rings (SSSR count). The average molecular weight is 324 g/mol. The van der Waals surface area contributed by atoms with E-state index in [1.165, 1.54) is 0 Å². The van der Waals surface area contributed by atoms with Crippen molar-refractivity contribution in [1.82, 2.24) is 0 Å². The van der Waals surface area contributed by atoms with Crippen molar-refractivity contribution in [3.63, 3.8) is 0 Å². The molecule has 124 valence electrons. The normalized spacial score (nSPS) is 24.3. The molecule has 0 radical (unpaired) electrons. The van der Waals surface area contributed by atoms with Crippen molar-refractivity contribution in [2.75, 3.05) is 25.6 Å². The van der Waals surface area contributed by atoms with Crippen LogP contribution >= 0.6 is 0 Å². The van der Waals surface area contributed by atoms with Crippen molar-refractivity contribution in [2.45, 2.75) is 51.3 Å². The van der Waals surface area contributed by atoms with Gasteiger partial charge in [-0.25, -0.2) is 0 Å². The molecule has 0 bridgehead atoms. The standard InChI is InChI=1S/C17H29NO3Si/c1-4-19-17(15-10-9-11-16(18)14-15)12-7-8-13-22(17,20-5-2)21-6-3/h9-11,14H,4-8,12-13,18H2,1-3H3. The number of nitrogen functional groups attached to an aromatic ring is 1. The molecule has 5 heteroatoms. The van der Waals surface area contributed by atoms with Crippen molar-refractivity contribution in [3.8, 4) is 0 Å². The molecule has 1 saturated heterocycles. The van der Waals surface area contributed by atoms with Crippen molar-refractivity contribution in [3.05, 3.63) is 29.8 Å². The lowest BCUT2D eigenvalue weighted by Gasteiger charge is -2.49. The zero-order valence-corrected chi connectivity index (χ0v) is 15.1. The summed E-state index contributed by atoms with van der Waals surface area (Å²) in [5.74, 6) is 0. The summed E-state index contributed by atoms with van der Waals surface area (Å²) < 4.78 is 19.0. The number of hydrogen-bond acceptors (Lipinski definition) is 4. The van der Waals surface area contributed by atoms with E-state index in [0.717, 1.165) is 36.6 Å². The highest BCUT2D eigenvalue weighted by atomic mass is 28.4. The van der Waals surface area contributed by atoms with E-state index in [0.29, 0.717) is 19.8 Å². The van der Waals surface area contributed by atoms with Gasteiger partial charge in [0, 0.05) is 25.5 Å². The second-order valence-corrected chi connectivity index (χ2v) is 9.10. The summed E-state index contributed by atoms with van der Waals surface area (Å²) >= 11 is 0. The second-order valence-electron chi connectivity index (χ2n) is 5.71. The fraction of sp³-hybridized carbons (Fsp3) is 0.647. The molecule has 0 aromatic heterocycles. The number of benzene rings is 1. The van der Waals surface area contributed by atoms with Crippen LogP contribution < -0.4 is 5.73 Å². The van der Waals surface area contributed by atoms with E-state index >= 15 is 0 Å². The lowest BCUT2D eigenvalue weighted by atomic mass is 10.0. The summed E-state index contributed by atoms with van der Waals surface area (Å²) in [4.78, 5) is 0. The summed E-state index contributed by atoms with van der Waals surface area (Å²) in [6.45, 7) is 8.08. The van der Waals surface area contributed by atoms with E-state index in [4.69, 9.17) is 19.3 Å². The van der Waals surface area contributed by atoms with Crippen LogP contribution in [-0.2, 0) is 18.8 Å². The molecule has 1 unspecified atom stereocenters. The molecule has 1 aromatic rings. The molecule has 1 heterocycles. The Hall–Kier alpha value is -0.883. The second kappa shape index (κ2) is 7.59. The van der Waals surface area contributed by atoms with E-state index < -0.39 is 13.8 Å². The number of anilines is 1. The highest BCUT2D eigenvalue weighted by molar-refractivity contribution is 6.70. The molecule has 22 heavy (non-hydrogen) atoms. The van der Waals surface area contributed by atoms with Crippen LogP contribution in [0.5, 0.6) is 0 Å². The molecule has 2 N–H and O–H groups in total. The van der Waals surface area contributed by atoms with Crippen LogP contribution in [0.3, 0.4) is 0 Å². The first-order valence-corrected chi connectivity index (χ1v) is 10.4. The Morgan fingerprint density at radius 1 is 1.09 bits per heavy atom. The van der Waals surface area contributed by atoms with Crippen LogP contribution in [0, 0.1) is 0 Å². The van der Waals surface area contributed by atoms with Crippen molar-refractivity contribution in [1.29, 1.82) is 0 Å². The Bertz CT molecular complexity index is 467. The predicted molar refractivity (Wildman–Crippen MR) is 91.8 cm³/mol. The number of rotatable bonds is 7. The molecule has 1 aliphatic heterocycles. The van der Waals surface area contributed by atoms with Gasteiger partial charge in [-0.2, -0.15) is 0 Å². The van der Waals surface area contributed by atoms with Gasteiger partial charge < -0.3 is 19.3 Å². The summed E-state index contributed by atoms with van der Waals surface area (Å²) in [6, 6.07) is 9.02. The van der Waals surface area contributed by atoms with Gasteiger partial charge in [0.05, 0.1) is 0 Å². The molecule has 1 atom stereocenters. The van der Waals surface area contributed by atoms with Gasteiger partial charge >= 0.3 is 8.56 Å². The maximum absolute atomic E-state index is 6.39. The molecule has 4 nitrogen and oxygen atoms in total. The van der Waals surface area contributed by atoms with Gasteiger partial charge in [0.15, 0.2) is 0 Å². The lowest BCUT2D eigenvalue weighted by Crippen LogP contribution is -2.63. The highest BCUT2D eigenvalue weighted by Crippen LogP contribution is 2.48. The van der Waals surface area contributed by atoms with E-state index in [9.17, 15) is 0 Å².